The Morgan fingerprint density at radius 1 is 1.21 bits per heavy atom. The number of nitrogens with one attached hydrogen (secondary N) is 2. The molecule has 0 unspecified atom stereocenters. The number of carbonyl (C=O) groups is 2. The average Bonchev–Trinajstić information content (AvgIpc) is 2.26. The standard InChI is InChI=1S/C10H12N2O2/c1-11-9(13)7-12-10(14)8-5-3-2-4-6-8/h2-6H,7H2,1H3,(H,11,13)(H,12,14). The highest BCUT2D eigenvalue weighted by atomic mass is 16.2. The smallest absolute Gasteiger partial charge is 0.251 e. The predicted octanol–water partition coefficient (Wildman–Crippen LogP) is 0.162. The molecule has 0 saturated heterocycles. The molecule has 0 heterocycles. The minimum Gasteiger partial charge on any atom is -0.358 e. The van der Waals surface area contributed by atoms with Crippen LogP contribution in [0.15, 0.2) is 30.3 Å². The largest absolute Gasteiger partial charge is 0.358 e. The lowest BCUT2D eigenvalue weighted by Crippen LogP contribution is -2.35. The molecule has 0 aliphatic rings. The van der Waals surface area contributed by atoms with Gasteiger partial charge >= 0.3 is 0 Å². The van der Waals surface area contributed by atoms with Gasteiger partial charge in [0.05, 0.1) is 6.54 Å². The molecule has 0 aliphatic carbocycles. The van der Waals surface area contributed by atoms with Crippen molar-refractivity contribution in [1.82, 2.24) is 10.6 Å². The third-order valence-corrected chi connectivity index (χ3v) is 1.72. The molecule has 0 aliphatic heterocycles. The van der Waals surface area contributed by atoms with E-state index < -0.39 is 0 Å². The van der Waals surface area contributed by atoms with Crippen LogP contribution in [-0.4, -0.2) is 25.4 Å². The zero-order chi connectivity index (χ0) is 10.4. The molecular formula is C10H12N2O2. The fourth-order valence-corrected chi connectivity index (χ4v) is 0.941. The molecule has 1 rings (SSSR count). The van der Waals surface area contributed by atoms with E-state index in [2.05, 4.69) is 10.6 Å². The van der Waals surface area contributed by atoms with Crippen LogP contribution in [0.2, 0.25) is 0 Å². The van der Waals surface area contributed by atoms with E-state index in [4.69, 9.17) is 0 Å². The summed E-state index contributed by atoms with van der Waals surface area (Å²) in [4.78, 5) is 22.2. The summed E-state index contributed by atoms with van der Waals surface area (Å²) in [6, 6.07) is 8.76. The third-order valence-electron chi connectivity index (χ3n) is 1.72. The van der Waals surface area contributed by atoms with Gasteiger partial charge in [0.2, 0.25) is 5.91 Å². The lowest BCUT2D eigenvalue weighted by molar-refractivity contribution is -0.119. The summed E-state index contributed by atoms with van der Waals surface area (Å²) in [6.45, 7) is 0.00419. The Balaban J connectivity index is 2.48. The lowest BCUT2D eigenvalue weighted by atomic mass is 10.2. The van der Waals surface area contributed by atoms with Crippen molar-refractivity contribution in [2.45, 2.75) is 0 Å². The highest BCUT2D eigenvalue weighted by molar-refractivity contribution is 5.96. The summed E-state index contributed by atoms with van der Waals surface area (Å²) in [5, 5.41) is 4.92. The van der Waals surface area contributed by atoms with Gasteiger partial charge in [-0.1, -0.05) is 18.2 Å². The van der Waals surface area contributed by atoms with E-state index in [0.717, 1.165) is 0 Å². The van der Waals surface area contributed by atoms with Gasteiger partial charge in [-0.2, -0.15) is 0 Å². The van der Waals surface area contributed by atoms with Crippen LogP contribution in [0, 0.1) is 0 Å². The minimum absolute atomic E-state index is 0.00419. The lowest BCUT2D eigenvalue weighted by Gasteiger charge is -2.03. The van der Waals surface area contributed by atoms with Crippen LogP contribution < -0.4 is 10.6 Å². The molecule has 74 valence electrons. The molecule has 2 N–H and O–H groups in total. The molecule has 0 saturated carbocycles. The van der Waals surface area contributed by atoms with Gasteiger partial charge in [0.1, 0.15) is 0 Å². The van der Waals surface area contributed by atoms with Gasteiger partial charge in [-0.05, 0) is 12.1 Å². The normalized spacial score (nSPS) is 9.21. The van der Waals surface area contributed by atoms with Crippen molar-refractivity contribution < 1.29 is 9.59 Å². The molecule has 0 spiro atoms. The molecule has 4 heteroatoms. The van der Waals surface area contributed by atoms with E-state index in [1.807, 2.05) is 6.07 Å². The monoisotopic (exact) mass is 192 g/mol. The Morgan fingerprint density at radius 2 is 1.86 bits per heavy atom. The van der Waals surface area contributed by atoms with Crippen LogP contribution in [0.5, 0.6) is 0 Å². The van der Waals surface area contributed by atoms with Crippen molar-refractivity contribution >= 4 is 11.8 Å². The maximum Gasteiger partial charge on any atom is 0.251 e. The van der Waals surface area contributed by atoms with Gasteiger partial charge < -0.3 is 10.6 Å². The van der Waals surface area contributed by atoms with Crippen molar-refractivity contribution in [3.63, 3.8) is 0 Å². The Labute approximate surface area is 82.3 Å². The Kier molecular flexibility index (Phi) is 3.67. The fourth-order valence-electron chi connectivity index (χ4n) is 0.941. The Morgan fingerprint density at radius 3 is 2.43 bits per heavy atom. The topological polar surface area (TPSA) is 58.2 Å². The summed E-state index contributed by atoms with van der Waals surface area (Å²) >= 11 is 0. The first-order valence-electron chi connectivity index (χ1n) is 4.28. The number of rotatable bonds is 3. The van der Waals surface area contributed by atoms with Gasteiger partial charge in [-0.15, -0.1) is 0 Å². The van der Waals surface area contributed by atoms with Gasteiger partial charge in [-0.3, -0.25) is 9.59 Å². The second kappa shape index (κ2) is 5.01. The predicted molar refractivity (Wildman–Crippen MR) is 52.8 cm³/mol. The fraction of sp³-hybridized carbons (Fsp3) is 0.200. The molecule has 1 aromatic rings. The number of amides is 2. The van der Waals surface area contributed by atoms with Crippen LogP contribution >= 0.6 is 0 Å². The first-order valence-corrected chi connectivity index (χ1v) is 4.28. The second-order valence-electron chi connectivity index (χ2n) is 2.72. The SMILES string of the molecule is CNC(=O)CNC(=O)c1ccccc1. The number of hydrogen-bond acceptors (Lipinski definition) is 2. The van der Waals surface area contributed by atoms with E-state index in [9.17, 15) is 9.59 Å². The second-order valence-corrected chi connectivity index (χ2v) is 2.72. The van der Waals surface area contributed by atoms with Crippen LogP contribution in [0.25, 0.3) is 0 Å². The van der Waals surface area contributed by atoms with Gasteiger partial charge in [-0.25, -0.2) is 0 Å². The van der Waals surface area contributed by atoms with E-state index >= 15 is 0 Å². The number of hydrogen-bond donors (Lipinski definition) is 2. The summed E-state index contributed by atoms with van der Waals surface area (Å²) in [5.74, 6) is -0.455. The zero-order valence-electron chi connectivity index (χ0n) is 7.91. The average molecular weight is 192 g/mol. The molecule has 2 amide bonds. The number of benzene rings is 1. The molecule has 0 aromatic heterocycles. The summed E-state index contributed by atoms with van der Waals surface area (Å²) in [5.41, 5.74) is 0.552. The van der Waals surface area contributed by atoms with Crippen molar-refractivity contribution in [3.8, 4) is 0 Å². The van der Waals surface area contributed by atoms with E-state index in [1.165, 1.54) is 7.05 Å². The van der Waals surface area contributed by atoms with E-state index in [1.54, 1.807) is 24.3 Å². The quantitative estimate of drug-likeness (QED) is 0.716. The van der Waals surface area contributed by atoms with Crippen LogP contribution in [0.1, 0.15) is 10.4 Å². The van der Waals surface area contributed by atoms with Crippen molar-refractivity contribution in [2.24, 2.45) is 0 Å². The van der Waals surface area contributed by atoms with Gasteiger partial charge in [0.15, 0.2) is 0 Å². The summed E-state index contributed by atoms with van der Waals surface area (Å²) < 4.78 is 0. The summed E-state index contributed by atoms with van der Waals surface area (Å²) in [7, 11) is 1.52. The zero-order valence-corrected chi connectivity index (χ0v) is 7.91. The maximum atomic E-state index is 11.4. The van der Waals surface area contributed by atoms with E-state index in [0.29, 0.717) is 5.56 Å². The molecule has 0 fully saturated rings. The highest BCUT2D eigenvalue weighted by Crippen LogP contribution is 1.96. The van der Waals surface area contributed by atoms with Crippen molar-refractivity contribution in [2.75, 3.05) is 13.6 Å². The minimum atomic E-state index is -0.241. The Bertz CT molecular complexity index is 322. The molecule has 0 bridgehead atoms. The Hall–Kier alpha value is -1.84. The van der Waals surface area contributed by atoms with Gasteiger partial charge in [0.25, 0.3) is 5.91 Å². The molecule has 0 radical (unpaired) electrons. The molecule has 14 heavy (non-hydrogen) atoms. The van der Waals surface area contributed by atoms with Crippen molar-refractivity contribution in [1.29, 1.82) is 0 Å². The third kappa shape index (κ3) is 2.90. The van der Waals surface area contributed by atoms with Crippen molar-refractivity contribution in [3.05, 3.63) is 35.9 Å². The van der Waals surface area contributed by atoms with E-state index in [-0.39, 0.29) is 18.4 Å². The molecular weight excluding hydrogens is 180 g/mol. The first kappa shape index (κ1) is 10.2. The number of likely N-dealkylation sites (N-methyl/N-ethyl adjacent to an activating group) is 1. The van der Waals surface area contributed by atoms with Crippen LogP contribution in [0.3, 0.4) is 0 Å². The van der Waals surface area contributed by atoms with Crippen LogP contribution in [0.4, 0.5) is 0 Å². The molecule has 1 aromatic carbocycles. The maximum absolute atomic E-state index is 11.4. The summed E-state index contributed by atoms with van der Waals surface area (Å²) in [6.07, 6.45) is 0. The number of carbonyl (C=O) groups excluding carboxylic acids is 2. The van der Waals surface area contributed by atoms with Gasteiger partial charge in [0, 0.05) is 12.6 Å². The molecule has 0 atom stereocenters. The highest BCUT2D eigenvalue weighted by Gasteiger charge is 2.05. The first-order chi connectivity index (χ1) is 6.74. The van der Waals surface area contributed by atoms with Crippen LogP contribution in [-0.2, 0) is 4.79 Å². The molecule has 4 nitrogen and oxygen atoms in total.